The number of fused-ring (bicyclic) bond motifs is 3. The van der Waals surface area contributed by atoms with E-state index in [1.165, 1.54) is 23.8 Å². The molecule has 3 aromatic heterocycles. The Hall–Kier alpha value is -3.32. The molecule has 1 amide bonds. The van der Waals surface area contributed by atoms with Crippen molar-refractivity contribution in [2.24, 2.45) is 0 Å². The first-order valence-electron chi connectivity index (χ1n) is 10.3. The van der Waals surface area contributed by atoms with E-state index in [1.807, 2.05) is 36.0 Å². The van der Waals surface area contributed by atoms with Gasteiger partial charge in [0.05, 0.1) is 27.6 Å². The van der Waals surface area contributed by atoms with Gasteiger partial charge >= 0.3 is 0 Å². The van der Waals surface area contributed by atoms with E-state index >= 15 is 0 Å². The molecule has 1 aliphatic rings. The fourth-order valence-electron chi connectivity index (χ4n) is 4.18. The lowest BCUT2D eigenvalue weighted by molar-refractivity contribution is -0.114. The van der Waals surface area contributed by atoms with Crippen LogP contribution in [0.4, 0.5) is 5.13 Å². The molecule has 1 unspecified atom stereocenters. The van der Waals surface area contributed by atoms with Gasteiger partial charge in [-0.15, -0.1) is 0 Å². The van der Waals surface area contributed by atoms with Crippen molar-refractivity contribution in [1.82, 2.24) is 19.7 Å². The van der Waals surface area contributed by atoms with Crippen LogP contribution >= 0.6 is 11.3 Å². The maximum Gasteiger partial charge on any atom is 0.223 e. The molecule has 0 saturated carbocycles. The molecule has 1 aliphatic carbocycles. The van der Waals surface area contributed by atoms with Gasteiger partial charge in [0, 0.05) is 29.9 Å². The SMILES string of the molecule is CC(=O)Nc1nc2c(s1)-c1c(c(-c3ccc(C)nc3)nn1-c1ccccc1C)C(C)C2. The van der Waals surface area contributed by atoms with E-state index in [0.29, 0.717) is 5.13 Å². The maximum atomic E-state index is 11.6. The second-order valence-electron chi connectivity index (χ2n) is 8.08. The summed E-state index contributed by atoms with van der Waals surface area (Å²) in [7, 11) is 0. The largest absolute Gasteiger partial charge is 0.302 e. The predicted molar refractivity (Wildman–Crippen MR) is 124 cm³/mol. The molecule has 0 bridgehead atoms. The summed E-state index contributed by atoms with van der Waals surface area (Å²) in [5.41, 5.74) is 8.42. The molecule has 0 saturated heterocycles. The summed E-state index contributed by atoms with van der Waals surface area (Å²) in [6.07, 6.45) is 2.71. The number of hydrogen-bond donors (Lipinski definition) is 1. The van der Waals surface area contributed by atoms with E-state index in [0.717, 1.165) is 50.9 Å². The smallest absolute Gasteiger partial charge is 0.223 e. The number of hydrogen-bond acceptors (Lipinski definition) is 5. The molecule has 0 radical (unpaired) electrons. The Labute approximate surface area is 185 Å². The molecular weight excluding hydrogens is 406 g/mol. The first-order valence-corrected chi connectivity index (χ1v) is 11.1. The molecular formula is C24H23N5OS. The van der Waals surface area contributed by atoms with Crippen LogP contribution in [0.2, 0.25) is 0 Å². The highest BCUT2D eigenvalue weighted by Gasteiger charge is 2.34. The van der Waals surface area contributed by atoms with Gasteiger partial charge in [0.1, 0.15) is 0 Å². The highest BCUT2D eigenvalue weighted by atomic mass is 32.1. The maximum absolute atomic E-state index is 11.6. The standard InChI is InChI=1S/C24H23N5OS/c1-13-7-5-6-8-19(13)29-22-20(21(28-29)17-10-9-15(3)25-12-17)14(2)11-18-23(22)31-24(27-18)26-16(4)30/h5-10,12,14H,11H2,1-4H3,(H,26,27,30). The third-order valence-corrected chi connectivity index (χ3v) is 6.66. The summed E-state index contributed by atoms with van der Waals surface area (Å²) in [6.45, 7) is 7.81. The van der Waals surface area contributed by atoms with Crippen molar-refractivity contribution in [3.05, 3.63) is 65.1 Å². The van der Waals surface area contributed by atoms with Crippen molar-refractivity contribution in [2.75, 3.05) is 5.32 Å². The quantitative estimate of drug-likeness (QED) is 0.480. The lowest BCUT2D eigenvalue weighted by atomic mass is 9.86. The zero-order chi connectivity index (χ0) is 21.7. The van der Waals surface area contributed by atoms with Crippen molar-refractivity contribution in [3.8, 4) is 27.5 Å². The number of para-hydroxylation sites is 1. The molecule has 0 fully saturated rings. The van der Waals surface area contributed by atoms with E-state index in [-0.39, 0.29) is 11.8 Å². The van der Waals surface area contributed by atoms with Gasteiger partial charge in [0.15, 0.2) is 5.13 Å². The van der Waals surface area contributed by atoms with Crippen LogP contribution in [-0.4, -0.2) is 25.7 Å². The Bertz CT molecular complexity index is 1300. The molecule has 6 nitrogen and oxygen atoms in total. The van der Waals surface area contributed by atoms with Crippen LogP contribution in [0, 0.1) is 13.8 Å². The van der Waals surface area contributed by atoms with E-state index in [1.54, 1.807) is 0 Å². The molecule has 4 aromatic rings. The molecule has 1 N–H and O–H groups in total. The van der Waals surface area contributed by atoms with Gasteiger partial charge in [-0.3, -0.25) is 9.78 Å². The van der Waals surface area contributed by atoms with Gasteiger partial charge in [-0.1, -0.05) is 36.5 Å². The molecule has 1 aromatic carbocycles. The number of anilines is 1. The molecule has 3 heterocycles. The third kappa shape index (κ3) is 3.35. The van der Waals surface area contributed by atoms with Crippen molar-refractivity contribution in [1.29, 1.82) is 0 Å². The highest BCUT2D eigenvalue weighted by Crippen LogP contribution is 2.48. The van der Waals surface area contributed by atoms with Crippen molar-refractivity contribution in [3.63, 3.8) is 0 Å². The predicted octanol–water partition coefficient (Wildman–Crippen LogP) is 5.29. The van der Waals surface area contributed by atoms with Gasteiger partial charge in [-0.2, -0.15) is 5.10 Å². The Morgan fingerprint density at radius 2 is 2.00 bits per heavy atom. The zero-order valence-corrected chi connectivity index (χ0v) is 18.7. The van der Waals surface area contributed by atoms with Gasteiger partial charge in [-0.25, -0.2) is 9.67 Å². The minimum atomic E-state index is -0.113. The number of aryl methyl sites for hydroxylation is 2. The molecule has 156 valence electrons. The molecule has 7 heteroatoms. The number of rotatable bonds is 3. The Morgan fingerprint density at radius 3 is 2.71 bits per heavy atom. The summed E-state index contributed by atoms with van der Waals surface area (Å²) >= 11 is 1.51. The minimum absolute atomic E-state index is 0.113. The van der Waals surface area contributed by atoms with Gasteiger partial charge in [0.25, 0.3) is 0 Å². The fraction of sp³-hybridized carbons (Fsp3) is 0.250. The van der Waals surface area contributed by atoms with Crippen molar-refractivity contribution < 1.29 is 4.79 Å². The van der Waals surface area contributed by atoms with Crippen LogP contribution in [0.5, 0.6) is 0 Å². The number of nitrogens with one attached hydrogen (secondary N) is 1. The van der Waals surface area contributed by atoms with Crippen LogP contribution in [0.15, 0.2) is 42.6 Å². The average Bonchev–Trinajstić information content (AvgIpc) is 3.30. The normalized spacial score (nSPS) is 14.8. The number of thiazole rings is 1. The van der Waals surface area contributed by atoms with Crippen LogP contribution in [-0.2, 0) is 11.2 Å². The first-order chi connectivity index (χ1) is 14.9. The summed E-state index contributed by atoms with van der Waals surface area (Å²) in [5, 5.41) is 8.60. The van der Waals surface area contributed by atoms with Gasteiger partial charge in [0.2, 0.25) is 5.91 Å². The monoisotopic (exact) mass is 429 g/mol. The number of aromatic nitrogens is 4. The first kappa shape index (κ1) is 19.6. The van der Waals surface area contributed by atoms with Crippen molar-refractivity contribution >= 4 is 22.4 Å². The van der Waals surface area contributed by atoms with Crippen LogP contribution in [0.25, 0.3) is 27.5 Å². The zero-order valence-electron chi connectivity index (χ0n) is 17.9. The fourth-order valence-corrected chi connectivity index (χ4v) is 5.27. The molecule has 0 spiro atoms. The molecule has 1 atom stereocenters. The van der Waals surface area contributed by atoms with E-state index in [9.17, 15) is 4.79 Å². The minimum Gasteiger partial charge on any atom is -0.302 e. The summed E-state index contributed by atoms with van der Waals surface area (Å²) in [5.74, 6) is 0.127. The number of carbonyl (C=O) groups is 1. The summed E-state index contributed by atoms with van der Waals surface area (Å²) in [6, 6.07) is 12.4. The average molecular weight is 430 g/mol. The lowest BCUT2D eigenvalue weighted by Gasteiger charge is -2.20. The molecule has 5 rings (SSSR count). The lowest BCUT2D eigenvalue weighted by Crippen LogP contribution is -2.10. The van der Waals surface area contributed by atoms with Crippen molar-refractivity contribution in [2.45, 2.75) is 40.0 Å². The second-order valence-corrected chi connectivity index (χ2v) is 9.08. The highest BCUT2D eigenvalue weighted by molar-refractivity contribution is 7.19. The molecule has 31 heavy (non-hydrogen) atoms. The topological polar surface area (TPSA) is 72.7 Å². The number of benzene rings is 1. The van der Waals surface area contributed by atoms with E-state index in [4.69, 9.17) is 10.1 Å². The number of carbonyl (C=O) groups excluding carboxylic acids is 1. The summed E-state index contributed by atoms with van der Waals surface area (Å²) in [4.78, 5) is 21.9. The second kappa shape index (κ2) is 7.42. The van der Waals surface area contributed by atoms with E-state index in [2.05, 4.69) is 42.3 Å². The summed E-state index contributed by atoms with van der Waals surface area (Å²) < 4.78 is 2.05. The van der Waals surface area contributed by atoms with Crippen LogP contribution in [0.1, 0.15) is 42.3 Å². The number of amides is 1. The van der Waals surface area contributed by atoms with Crippen LogP contribution < -0.4 is 5.32 Å². The third-order valence-electron chi connectivity index (χ3n) is 5.64. The number of nitrogens with zero attached hydrogens (tertiary/aromatic N) is 4. The Kier molecular flexibility index (Phi) is 4.70. The van der Waals surface area contributed by atoms with Gasteiger partial charge in [-0.05, 0) is 49.9 Å². The van der Waals surface area contributed by atoms with Gasteiger partial charge < -0.3 is 5.32 Å². The molecule has 0 aliphatic heterocycles. The number of pyridine rings is 1. The van der Waals surface area contributed by atoms with Crippen LogP contribution in [0.3, 0.4) is 0 Å². The van der Waals surface area contributed by atoms with E-state index < -0.39 is 0 Å². The Morgan fingerprint density at radius 1 is 1.19 bits per heavy atom. The Balaban J connectivity index is 1.79.